The normalized spacial score (nSPS) is 15.0. The minimum absolute atomic E-state index is 0.223. The van der Waals surface area contributed by atoms with Crippen LogP contribution in [0.25, 0.3) is 0 Å². The highest BCUT2D eigenvalue weighted by Gasteiger charge is 2.18. The second-order valence-corrected chi connectivity index (χ2v) is 6.02. The van der Waals surface area contributed by atoms with Gasteiger partial charge in [0.2, 0.25) is 5.91 Å². The van der Waals surface area contributed by atoms with Crippen molar-refractivity contribution >= 4 is 5.91 Å². The largest absolute Gasteiger partial charge is 0.339 e. The topological polar surface area (TPSA) is 35.6 Å². The number of hydrogen-bond donors (Lipinski definition) is 1. The van der Waals surface area contributed by atoms with Gasteiger partial charge in [0.25, 0.3) is 0 Å². The number of carbonyl (C=O) groups excluding carboxylic acids is 1. The van der Waals surface area contributed by atoms with Crippen LogP contribution in [0.1, 0.15) is 45.7 Å². The summed E-state index contributed by atoms with van der Waals surface area (Å²) in [6.07, 6.45) is 1.05. The molecule has 1 fully saturated rings. The van der Waals surface area contributed by atoms with E-state index in [0.29, 0.717) is 12.6 Å². The molecule has 1 aromatic rings. The molecular formula is C21H39N3O. The Labute approximate surface area is 155 Å². The van der Waals surface area contributed by atoms with E-state index < -0.39 is 0 Å². The lowest BCUT2D eigenvalue weighted by Gasteiger charge is -2.31. The summed E-state index contributed by atoms with van der Waals surface area (Å²) >= 11 is 0. The van der Waals surface area contributed by atoms with Gasteiger partial charge in [0, 0.05) is 32.2 Å². The Balaban J connectivity index is 0.00000134. The SMILES string of the molecule is CC.CC.Cc1ccccc1CC(C)N(C)CCN1CCNCC1=O. The molecule has 4 heteroatoms. The quantitative estimate of drug-likeness (QED) is 0.855. The van der Waals surface area contributed by atoms with Gasteiger partial charge >= 0.3 is 0 Å². The summed E-state index contributed by atoms with van der Waals surface area (Å²) < 4.78 is 0. The Morgan fingerprint density at radius 1 is 1.20 bits per heavy atom. The predicted octanol–water partition coefficient (Wildman–Crippen LogP) is 3.34. The molecule has 0 spiro atoms. The Bertz CT molecular complexity index is 476. The zero-order valence-corrected chi connectivity index (χ0v) is 17.4. The molecule has 1 heterocycles. The third-order valence-corrected chi connectivity index (χ3v) is 4.44. The molecule has 1 saturated heterocycles. The molecule has 1 N–H and O–H groups in total. The van der Waals surface area contributed by atoms with Crippen molar-refractivity contribution in [1.82, 2.24) is 15.1 Å². The molecule has 1 amide bonds. The van der Waals surface area contributed by atoms with Gasteiger partial charge in [0.1, 0.15) is 0 Å². The van der Waals surface area contributed by atoms with Crippen molar-refractivity contribution in [2.45, 2.75) is 54.0 Å². The van der Waals surface area contributed by atoms with E-state index in [1.807, 2.05) is 32.6 Å². The first kappa shape index (κ1) is 23.6. The molecule has 4 nitrogen and oxygen atoms in total. The summed E-state index contributed by atoms with van der Waals surface area (Å²) in [6, 6.07) is 9.04. The first-order valence-corrected chi connectivity index (χ1v) is 9.81. The molecule has 1 aliphatic heterocycles. The van der Waals surface area contributed by atoms with Gasteiger partial charge in [-0.2, -0.15) is 0 Å². The number of likely N-dealkylation sites (N-methyl/N-ethyl adjacent to an activating group) is 1. The van der Waals surface area contributed by atoms with Crippen LogP contribution in [0.4, 0.5) is 0 Å². The van der Waals surface area contributed by atoms with Crippen LogP contribution in [-0.2, 0) is 11.2 Å². The first-order valence-electron chi connectivity index (χ1n) is 9.81. The van der Waals surface area contributed by atoms with Crippen molar-refractivity contribution in [3.05, 3.63) is 35.4 Å². The highest BCUT2D eigenvalue weighted by Crippen LogP contribution is 2.12. The second kappa shape index (κ2) is 13.9. The van der Waals surface area contributed by atoms with Crippen LogP contribution in [0.5, 0.6) is 0 Å². The van der Waals surface area contributed by atoms with Crippen molar-refractivity contribution < 1.29 is 4.79 Å². The lowest BCUT2D eigenvalue weighted by atomic mass is 10.0. The highest BCUT2D eigenvalue weighted by atomic mass is 16.2. The minimum atomic E-state index is 0.223. The lowest BCUT2D eigenvalue weighted by molar-refractivity contribution is -0.132. The Kier molecular flexibility index (Phi) is 13.1. The van der Waals surface area contributed by atoms with Gasteiger partial charge in [0.15, 0.2) is 0 Å². The number of hydrogen-bond acceptors (Lipinski definition) is 3. The molecule has 1 aliphatic rings. The van der Waals surface area contributed by atoms with E-state index in [9.17, 15) is 4.79 Å². The van der Waals surface area contributed by atoms with Crippen LogP contribution < -0.4 is 5.32 Å². The molecule has 1 unspecified atom stereocenters. The smallest absolute Gasteiger partial charge is 0.236 e. The van der Waals surface area contributed by atoms with E-state index in [1.165, 1.54) is 11.1 Å². The fourth-order valence-corrected chi connectivity index (χ4v) is 2.69. The van der Waals surface area contributed by atoms with E-state index in [0.717, 1.165) is 32.6 Å². The number of amides is 1. The molecule has 2 rings (SSSR count). The molecule has 0 aliphatic carbocycles. The summed E-state index contributed by atoms with van der Waals surface area (Å²) in [5.41, 5.74) is 2.77. The van der Waals surface area contributed by atoms with E-state index >= 15 is 0 Å². The van der Waals surface area contributed by atoms with Crippen molar-refractivity contribution in [3.63, 3.8) is 0 Å². The molecule has 0 aromatic heterocycles. The van der Waals surface area contributed by atoms with E-state index in [-0.39, 0.29) is 5.91 Å². The molecule has 0 radical (unpaired) electrons. The second-order valence-electron chi connectivity index (χ2n) is 6.02. The predicted molar refractivity (Wildman–Crippen MR) is 109 cm³/mol. The van der Waals surface area contributed by atoms with Gasteiger partial charge in [-0.15, -0.1) is 0 Å². The number of piperazine rings is 1. The summed E-state index contributed by atoms with van der Waals surface area (Å²) in [5, 5.41) is 3.11. The number of nitrogens with zero attached hydrogens (tertiary/aromatic N) is 2. The summed E-state index contributed by atoms with van der Waals surface area (Å²) in [6.45, 7) is 16.4. The summed E-state index contributed by atoms with van der Waals surface area (Å²) in [4.78, 5) is 16.1. The van der Waals surface area contributed by atoms with Crippen molar-refractivity contribution in [3.8, 4) is 0 Å². The highest BCUT2D eigenvalue weighted by molar-refractivity contribution is 5.78. The molecule has 25 heavy (non-hydrogen) atoms. The third kappa shape index (κ3) is 8.50. The molecule has 0 saturated carbocycles. The Morgan fingerprint density at radius 2 is 1.84 bits per heavy atom. The fourth-order valence-electron chi connectivity index (χ4n) is 2.69. The van der Waals surface area contributed by atoms with Crippen molar-refractivity contribution in [2.24, 2.45) is 0 Å². The minimum Gasteiger partial charge on any atom is -0.339 e. The standard InChI is InChI=1S/C17H27N3O.2C2H6/c1-14-6-4-5-7-16(14)12-15(2)19(3)10-11-20-9-8-18-13-17(20)21;2*1-2/h4-7,15,18H,8-13H2,1-3H3;2*1-2H3. The zero-order chi connectivity index (χ0) is 19.2. The maximum Gasteiger partial charge on any atom is 0.236 e. The van der Waals surface area contributed by atoms with E-state index in [4.69, 9.17) is 0 Å². The number of rotatable bonds is 6. The molecule has 144 valence electrons. The van der Waals surface area contributed by atoms with Crippen LogP contribution in [0.3, 0.4) is 0 Å². The van der Waals surface area contributed by atoms with Crippen LogP contribution >= 0.6 is 0 Å². The maximum atomic E-state index is 11.8. The average molecular weight is 350 g/mol. The first-order chi connectivity index (χ1) is 12.1. The van der Waals surface area contributed by atoms with E-state index in [1.54, 1.807) is 0 Å². The molecule has 1 aromatic carbocycles. The monoisotopic (exact) mass is 349 g/mol. The third-order valence-electron chi connectivity index (χ3n) is 4.44. The fraction of sp³-hybridized carbons (Fsp3) is 0.667. The molecular weight excluding hydrogens is 310 g/mol. The van der Waals surface area contributed by atoms with Gasteiger partial charge in [0.05, 0.1) is 6.54 Å². The van der Waals surface area contributed by atoms with E-state index in [2.05, 4.69) is 55.4 Å². The Hall–Kier alpha value is -1.39. The molecule has 1 atom stereocenters. The van der Waals surface area contributed by atoms with Gasteiger partial charge in [-0.1, -0.05) is 52.0 Å². The average Bonchev–Trinajstić information content (AvgIpc) is 2.66. The number of nitrogens with one attached hydrogen (secondary N) is 1. The molecule has 0 bridgehead atoms. The number of carbonyl (C=O) groups is 1. The van der Waals surface area contributed by atoms with Crippen LogP contribution in [0.15, 0.2) is 24.3 Å². The van der Waals surface area contributed by atoms with Gasteiger partial charge in [-0.25, -0.2) is 0 Å². The van der Waals surface area contributed by atoms with Gasteiger partial charge < -0.3 is 15.1 Å². The van der Waals surface area contributed by atoms with Crippen LogP contribution in [0, 0.1) is 6.92 Å². The van der Waals surface area contributed by atoms with Crippen molar-refractivity contribution in [2.75, 3.05) is 39.8 Å². The maximum absolute atomic E-state index is 11.8. The lowest BCUT2D eigenvalue weighted by Crippen LogP contribution is -2.50. The number of aryl methyl sites for hydroxylation is 1. The summed E-state index contributed by atoms with van der Waals surface area (Å²) in [5.74, 6) is 0.223. The van der Waals surface area contributed by atoms with Gasteiger partial charge in [-0.05, 0) is 38.4 Å². The van der Waals surface area contributed by atoms with Crippen molar-refractivity contribution in [1.29, 1.82) is 0 Å². The number of benzene rings is 1. The zero-order valence-electron chi connectivity index (χ0n) is 17.4. The van der Waals surface area contributed by atoms with Gasteiger partial charge in [-0.3, -0.25) is 4.79 Å². The van der Waals surface area contributed by atoms with Crippen LogP contribution in [-0.4, -0.2) is 61.5 Å². The van der Waals surface area contributed by atoms with Crippen LogP contribution in [0.2, 0.25) is 0 Å². The Morgan fingerprint density at radius 3 is 2.44 bits per heavy atom. The summed E-state index contributed by atoms with van der Waals surface area (Å²) in [7, 11) is 2.15.